The van der Waals surface area contributed by atoms with Crippen molar-refractivity contribution in [2.24, 2.45) is 0 Å². The van der Waals surface area contributed by atoms with Gasteiger partial charge in [-0.1, -0.05) is 32.0 Å². The van der Waals surface area contributed by atoms with Crippen LogP contribution < -0.4 is 10.1 Å². The van der Waals surface area contributed by atoms with E-state index in [1.807, 2.05) is 32.0 Å². The Balaban J connectivity index is 1.86. The number of anilines is 1. The van der Waals surface area contributed by atoms with Gasteiger partial charge in [-0.25, -0.2) is 9.18 Å². The highest BCUT2D eigenvalue weighted by molar-refractivity contribution is 5.95. The topological polar surface area (TPSA) is 64.6 Å². The molecule has 0 aromatic heterocycles. The lowest BCUT2D eigenvalue weighted by Gasteiger charge is -2.17. The van der Waals surface area contributed by atoms with Crippen molar-refractivity contribution in [2.45, 2.75) is 32.8 Å². The standard InChI is InChI=1S/C20H22FNO4/c1-13(2)17-6-4-5-7-18(17)22-20(24)14(3)26-19(23)12-25-16-10-8-15(21)9-11-16/h4-11,13-14H,12H2,1-3H3,(H,22,24)/t14-/m0/s1. The molecule has 0 heterocycles. The molecule has 2 rings (SSSR count). The lowest BCUT2D eigenvalue weighted by Crippen LogP contribution is -2.32. The molecule has 0 unspecified atom stereocenters. The molecule has 1 atom stereocenters. The molecule has 0 aliphatic carbocycles. The third-order valence-electron chi connectivity index (χ3n) is 3.69. The van der Waals surface area contributed by atoms with Crippen LogP contribution in [-0.2, 0) is 14.3 Å². The van der Waals surface area contributed by atoms with Crippen LogP contribution in [0.4, 0.5) is 10.1 Å². The van der Waals surface area contributed by atoms with E-state index in [2.05, 4.69) is 5.32 Å². The normalized spacial score (nSPS) is 11.7. The van der Waals surface area contributed by atoms with Crippen LogP contribution in [-0.4, -0.2) is 24.6 Å². The highest BCUT2D eigenvalue weighted by Crippen LogP contribution is 2.23. The second kappa shape index (κ2) is 8.99. The minimum Gasteiger partial charge on any atom is -0.482 e. The summed E-state index contributed by atoms with van der Waals surface area (Å²) in [5.41, 5.74) is 1.69. The van der Waals surface area contributed by atoms with Crippen LogP contribution in [0.2, 0.25) is 0 Å². The van der Waals surface area contributed by atoms with Crippen molar-refractivity contribution in [3.05, 3.63) is 59.9 Å². The smallest absolute Gasteiger partial charge is 0.344 e. The Labute approximate surface area is 152 Å². The molecular formula is C20H22FNO4. The molecular weight excluding hydrogens is 337 g/mol. The van der Waals surface area contributed by atoms with Gasteiger partial charge in [0.2, 0.25) is 0 Å². The van der Waals surface area contributed by atoms with E-state index >= 15 is 0 Å². The molecule has 6 heteroatoms. The van der Waals surface area contributed by atoms with E-state index in [0.717, 1.165) is 5.56 Å². The number of esters is 1. The molecule has 26 heavy (non-hydrogen) atoms. The number of halogens is 1. The third-order valence-corrected chi connectivity index (χ3v) is 3.69. The maximum atomic E-state index is 12.8. The molecule has 0 bridgehead atoms. The predicted molar refractivity (Wildman–Crippen MR) is 96.6 cm³/mol. The van der Waals surface area contributed by atoms with Crippen LogP contribution >= 0.6 is 0 Å². The second-order valence-electron chi connectivity index (χ2n) is 6.11. The third kappa shape index (κ3) is 5.58. The Morgan fingerprint density at radius 1 is 1.04 bits per heavy atom. The summed E-state index contributed by atoms with van der Waals surface area (Å²) in [4.78, 5) is 24.1. The van der Waals surface area contributed by atoms with Gasteiger partial charge in [-0.2, -0.15) is 0 Å². The Morgan fingerprint density at radius 3 is 2.35 bits per heavy atom. The number of benzene rings is 2. The number of carbonyl (C=O) groups excluding carboxylic acids is 2. The number of nitrogens with one attached hydrogen (secondary N) is 1. The largest absolute Gasteiger partial charge is 0.482 e. The highest BCUT2D eigenvalue weighted by atomic mass is 19.1. The van der Waals surface area contributed by atoms with Crippen molar-refractivity contribution in [1.82, 2.24) is 0 Å². The molecule has 0 saturated carbocycles. The first-order valence-corrected chi connectivity index (χ1v) is 8.34. The lowest BCUT2D eigenvalue weighted by molar-refractivity contribution is -0.155. The van der Waals surface area contributed by atoms with Crippen LogP contribution in [0.1, 0.15) is 32.3 Å². The zero-order valence-corrected chi connectivity index (χ0v) is 15.0. The van der Waals surface area contributed by atoms with Crippen LogP contribution in [0.15, 0.2) is 48.5 Å². The fraction of sp³-hybridized carbons (Fsp3) is 0.300. The molecule has 0 aliphatic heterocycles. The molecule has 0 fully saturated rings. The van der Waals surface area contributed by atoms with Crippen LogP contribution in [0.25, 0.3) is 0 Å². The van der Waals surface area contributed by atoms with E-state index in [0.29, 0.717) is 11.4 Å². The molecule has 0 saturated heterocycles. The average molecular weight is 359 g/mol. The molecule has 1 amide bonds. The number of ether oxygens (including phenoxy) is 2. The zero-order valence-electron chi connectivity index (χ0n) is 15.0. The number of para-hydroxylation sites is 1. The van der Waals surface area contributed by atoms with Gasteiger partial charge < -0.3 is 14.8 Å². The average Bonchev–Trinajstić information content (AvgIpc) is 2.61. The van der Waals surface area contributed by atoms with E-state index in [9.17, 15) is 14.0 Å². The summed E-state index contributed by atoms with van der Waals surface area (Å²) in [5, 5.41) is 2.78. The Bertz CT molecular complexity index is 759. The van der Waals surface area contributed by atoms with E-state index < -0.39 is 23.8 Å². The Kier molecular flexibility index (Phi) is 6.72. The van der Waals surface area contributed by atoms with Crippen molar-refractivity contribution in [3.8, 4) is 5.75 Å². The number of hydrogen-bond donors (Lipinski definition) is 1. The van der Waals surface area contributed by atoms with Crippen molar-refractivity contribution in [1.29, 1.82) is 0 Å². The molecule has 0 aliphatic rings. The van der Waals surface area contributed by atoms with E-state index in [1.54, 1.807) is 6.07 Å². The van der Waals surface area contributed by atoms with Crippen LogP contribution in [0.5, 0.6) is 5.75 Å². The maximum Gasteiger partial charge on any atom is 0.344 e. The zero-order chi connectivity index (χ0) is 19.1. The number of amides is 1. The van der Waals surface area contributed by atoms with Gasteiger partial charge in [0.25, 0.3) is 5.91 Å². The summed E-state index contributed by atoms with van der Waals surface area (Å²) in [6.07, 6.45) is -0.973. The monoisotopic (exact) mass is 359 g/mol. The van der Waals surface area contributed by atoms with Gasteiger partial charge in [0.1, 0.15) is 11.6 Å². The lowest BCUT2D eigenvalue weighted by atomic mass is 10.0. The van der Waals surface area contributed by atoms with Gasteiger partial charge in [0, 0.05) is 5.69 Å². The quantitative estimate of drug-likeness (QED) is 0.762. The first-order chi connectivity index (χ1) is 12.4. The van der Waals surface area contributed by atoms with E-state index in [4.69, 9.17) is 9.47 Å². The Morgan fingerprint density at radius 2 is 1.69 bits per heavy atom. The SMILES string of the molecule is CC(C)c1ccccc1NC(=O)[C@H](C)OC(=O)COc1ccc(F)cc1. The summed E-state index contributed by atoms with van der Waals surface area (Å²) < 4.78 is 23.1. The van der Waals surface area contributed by atoms with Gasteiger partial charge in [-0.3, -0.25) is 4.79 Å². The van der Waals surface area contributed by atoms with Gasteiger partial charge in [0.05, 0.1) is 0 Å². The minimum atomic E-state index is -0.973. The second-order valence-corrected chi connectivity index (χ2v) is 6.11. The molecule has 1 N–H and O–H groups in total. The fourth-order valence-corrected chi connectivity index (χ4v) is 2.31. The van der Waals surface area contributed by atoms with Gasteiger partial charge in [-0.15, -0.1) is 0 Å². The molecule has 0 spiro atoms. The van der Waals surface area contributed by atoms with Crippen LogP contribution in [0.3, 0.4) is 0 Å². The molecule has 2 aromatic rings. The van der Waals surface area contributed by atoms with Crippen molar-refractivity contribution in [2.75, 3.05) is 11.9 Å². The van der Waals surface area contributed by atoms with Crippen molar-refractivity contribution < 1.29 is 23.5 Å². The molecule has 138 valence electrons. The summed E-state index contributed by atoms with van der Waals surface area (Å²) in [6, 6.07) is 12.7. The summed E-state index contributed by atoms with van der Waals surface area (Å²) >= 11 is 0. The summed E-state index contributed by atoms with van der Waals surface area (Å²) in [7, 11) is 0. The molecule has 5 nitrogen and oxygen atoms in total. The fourth-order valence-electron chi connectivity index (χ4n) is 2.31. The Hall–Kier alpha value is -2.89. The van der Waals surface area contributed by atoms with E-state index in [-0.39, 0.29) is 12.5 Å². The number of rotatable bonds is 7. The number of hydrogen-bond acceptors (Lipinski definition) is 4. The first-order valence-electron chi connectivity index (χ1n) is 8.34. The predicted octanol–water partition coefficient (Wildman–Crippen LogP) is 3.90. The maximum absolute atomic E-state index is 12.8. The van der Waals surface area contributed by atoms with Gasteiger partial charge in [0.15, 0.2) is 12.7 Å². The van der Waals surface area contributed by atoms with Gasteiger partial charge in [-0.05, 0) is 48.7 Å². The number of carbonyl (C=O) groups is 2. The van der Waals surface area contributed by atoms with Gasteiger partial charge >= 0.3 is 5.97 Å². The molecule has 0 radical (unpaired) electrons. The van der Waals surface area contributed by atoms with Crippen molar-refractivity contribution in [3.63, 3.8) is 0 Å². The summed E-state index contributed by atoms with van der Waals surface area (Å²) in [5.74, 6) is -0.922. The van der Waals surface area contributed by atoms with Crippen molar-refractivity contribution >= 4 is 17.6 Å². The first kappa shape index (κ1) is 19.4. The minimum absolute atomic E-state index is 0.244. The van der Waals surface area contributed by atoms with E-state index in [1.165, 1.54) is 31.2 Å². The molecule has 2 aromatic carbocycles. The highest BCUT2D eigenvalue weighted by Gasteiger charge is 2.19. The summed E-state index contributed by atoms with van der Waals surface area (Å²) in [6.45, 7) is 5.18. The van der Waals surface area contributed by atoms with Crippen LogP contribution in [0, 0.1) is 5.82 Å².